The molecule has 0 saturated carbocycles. The van der Waals surface area contributed by atoms with Gasteiger partial charge in [-0.25, -0.2) is 5.43 Å². The summed E-state index contributed by atoms with van der Waals surface area (Å²) in [5.74, 6) is -0.448. The molecule has 7 heteroatoms. The summed E-state index contributed by atoms with van der Waals surface area (Å²) in [5.41, 5.74) is 5.52. The Hall–Kier alpha value is -3.35. The number of para-hydroxylation sites is 1. The highest BCUT2D eigenvalue weighted by Gasteiger charge is 2.16. The van der Waals surface area contributed by atoms with Crippen molar-refractivity contribution in [2.75, 3.05) is 19.5 Å². The maximum Gasteiger partial charge on any atom is 0.329 e. The quantitative estimate of drug-likeness (QED) is 0.437. The smallest absolute Gasteiger partial charge is 0.329 e. The van der Waals surface area contributed by atoms with Crippen LogP contribution in [0.4, 0.5) is 5.69 Å². The summed E-state index contributed by atoms with van der Waals surface area (Å²) in [7, 11) is 3.08. The van der Waals surface area contributed by atoms with E-state index in [1.807, 2.05) is 32.0 Å². The van der Waals surface area contributed by atoms with E-state index in [1.54, 1.807) is 25.3 Å². The van der Waals surface area contributed by atoms with Crippen molar-refractivity contribution in [3.8, 4) is 11.5 Å². The van der Waals surface area contributed by atoms with Crippen LogP contribution in [0.15, 0.2) is 41.5 Å². The zero-order valence-corrected chi connectivity index (χ0v) is 16.5. The summed E-state index contributed by atoms with van der Waals surface area (Å²) < 4.78 is 10.4. The number of rotatable bonds is 7. The molecular formula is C21H25N3O4. The Morgan fingerprint density at radius 1 is 1.00 bits per heavy atom. The minimum Gasteiger partial charge on any atom is -0.497 e. The first kappa shape index (κ1) is 21.0. The first-order chi connectivity index (χ1) is 13.5. The van der Waals surface area contributed by atoms with Crippen molar-refractivity contribution in [3.63, 3.8) is 0 Å². The summed E-state index contributed by atoms with van der Waals surface area (Å²) in [4.78, 5) is 24.4. The van der Waals surface area contributed by atoms with Crippen molar-refractivity contribution in [3.05, 3.63) is 53.1 Å². The van der Waals surface area contributed by atoms with Crippen molar-refractivity contribution >= 4 is 23.7 Å². The lowest BCUT2D eigenvalue weighted by Crippen LogP contribution is -2.33. The summed E-state index contributed by atoms with van der Waals surface area (Å²) in [6.07, 6.45) is 2.90. The summed E-state index contributed by atoms with van der Waals surface area (Å²) >= 11 is 0. The lowest BCUT2D eigenvalue weighted by Gasteiger charge is -2.13. The SMILES string of the molecule is CCc1cccc(CC)c1NC(=O)C(=O)N/N=C\c1ccc(OC)cc1OC. The first-order valence-corrected chi connectivity index (χ1v) is 9.01. The van der Waals surface area contributed by atoms with E-state index in [0.717, 1.165) is 24.0 Å². The number of carbonyl (C=O) groups is 2. The van der Waals surface area contributed by atoms with Crippen LogP contribution in [0, 0.1) is 0 Å². The normalized spacial score (nSPS) is 10.6. The van der Waals surface area contributed by atoms with E-state index in [2.05, 4.69) is 15.8 Å². The molecule has 2 aromatic carbocycles. The third-order valence-corrected chi connectivity index (χ3v) is 4.25. The van der Waals surface area contributed by atoms with Gasteiger partial charge in [-0.2, -0.15) is 5.10 Å². The molecule has 0 atom stereocenters. The molecule has 7 nitrogen and oxygen atoms in total. The molecule has 0 fully saturated rings. The van der Waals surface area contributed by atoms with E-state index in [4.69, 9.17) is 9.47 Å². The van der Waals surface area contributed by atoms with Crippen molar-refractivity contribution in [2.24, 2.45) is 5.10 Å². The molecule has 0 aliphatic rings. The van der Waals surface area contributed by atoms with Gasteiger partial charge in [-0.05, 0) is 36.1 Å². The van der Waals surface area contributed by atoms with Crippen LogP contribution in [0.1, 0.15) is 30.5 Å². The van der Waals surface area contributed by atoms with Crippen molar-refractivity contribution in [1.82, 2.24) is 5.43 Å². The largest absolute Gasteiger partial charge is 0.497 e. The number of nitrogens with one attached hydrogen (secondary N) is 2. The molecule has 0 heterocycles. The topological polar surface area (TPSA) is 89.0 Å². The number of amides is 2. The molecular weight excluding hydrogens is 358 g/mol. The molecule has 2 amide bonds. The average Bonchev–Trinajstić information content (AvgIpc) is 2.73. The van der Waals surface area contributed by atoms with Crippen molar-refractivity contribution in [1.29, 1.82) is 0 Å². The lowest BCUT2D eigenvalue weighted by atomic mass is 10.0. The Balaban J connectivity index is 2.06. The van der Waals surface area contributed by atoms with E-state index in [0.29, 0.717) is 22.7 Å². The van der Waals surface area contributed by atoms with Gasteiger partial charge in [0.1, 0.15) is 11.5 Å². The van der Waals surface area contributed by atoms with E-state index in [9.17, 15) is 9.59 Å². The fraction of sp³-hybridized carbons (Fsp3) is 0.286. The fourth-order valence-corrected chi connectivity index (χ4v) is 2.71. The Labute approximate surface area is 164 Å². The van der Waals surface area contributed by atoms with Crippen molar-refractivity contribution in [2.45, 2.75) is 26.7 Å². The number of aryl methyl sites for hydroxylation is 2. The maximum atomic E-state index is 12.3. The predicted octanol–water partition coefficient (Wildman–Crippen LogP) is 2.92. The second kappa shape index (κ2) is 10.1. The number of hydrazone groups is 1. The minimum atomic E-state index is -0.850. The number of anilines is 1. The molecule has 2 aromatic rings. The van der Waals surface area contributed by atoms with Gasteiger partial charge in [-0.15, -0.1) is 0 Å². The van der Waals surface area contributed by atoms with Gasteiger partial charge in [0.15, 0.2) is 0 Å². The third-order valence-electron chi connectivity index (χ3n) is 4.25. The maximum absolute atomic E-state index is 12.3. The van der Waals surface area contributed by atoms with E-state index >= 15 is 0 Å². The third kappa shape index (κ3) is 5.09. The predicted molar refractivity (Wildman–Crippen MR) is 109 cm³/mol. The van der Waals surface area contributed by atoms with Gasteiger partial charge in [0.05, 0.1) is 20.4 Å². The number of ether oxygens (including phenoxy) is 2. The van der Waals surface area contributed by atoms with E-state index in [1.165, 1.54) is 13.3 Å². The van der Waals surface area contributed by atoms with Crippen LogP contribution in [0.2, 0.25) is 0 Å². The number of hydrogen-bond donors (Lipinski definition) is 2. The molecule has 0 unspecified atom stereocenters. The highest BCUT2D eigenvalue weighted by molar-refractivity contribution is 6.39. The van der Waals surface area contributed by atoms with Crippen LogP contribution in [0.25, 0.3) is 0 Å². The Bertz CT molecular complexity index is 856. The number of carbonyl (C=O) groups excluding carboxylic acids is 2. The fourth-order valence-electron chi connectivity index (χ4n) is 2.71. The lowest BCUT2D eigenvalue weighted by molar-refractivity contribution is -0.136. The second-order valence-corrected chi connectivity index (χ2v) is 5.92. The van der Waals surface area contributed by atoms with Gasteiger partial charge < -0.3 is 14.8 Å². The van der Waals surface area contributed by atoms with Gasteiger partial charge in [0, 0.05) is 17.3 Å². The van der Waals surface area contributed by atoms with Crippen LogP contribution >= 0.6 is 0 Å². The zero-order valence-electron chi connectivity index (χ0n) is 16.5. The molecule has 28 heavy (non-hydrogen) atoms. The molecule has 2 rings (SSSR count). The van der Waals surface area contributed by atoms with Crippen LogP contribution < -0.4 is 20.2 Å². The first-order valence-electron chi connectivity index (χ1n) is 9.01. The molecule has 0 aliphatic carbocycles. The van der Waals surface area contributed by atoms with Crippen LogP contribution in [0.3, 0.4) is 0 Å². The molecule has 0 bridgehead atoms. The van der Waals surface area contributed by atoms with Gasteiger partial charge >= 0.3 is 11.8 Å². The number of nitrogens with zero attached hydrogens (tertiary/aromatic N) is 1. The zero-order chi connectivity index (χ0) is 20.5. The second-order valence-electron chi connectivity index (χ2n) is 5.92. The van der Waals surface area contributed by atoms with Crippen LogP contribution in [0.5, 0.6) is 11.5 Å². The monoisotopic (exact) mass is 383 g/mol. The molecule has 0 aromatic heterocycles. The van der Waals surface area contributed by atoms with Crippen LogP contribution in [-0.2, 0) is 22.4 Å². The number of methoxy groups -OCH3 is 2. The van der Waals surface area contributed by atoms with Gasteiger partial charge in [0.2, 0.25) is 0 Å². The Morgan fingerprint density at radius 2 is 1.68 bits per heavy atom. The molecule has 0 saturated heterocycles. The number of benzene rings is 2. The number of hydrogen-bond acceptors (Lipinski definition) is 5. The Morgan fingerprint density at radius 3 is 2.25 bits per heavy atom. The van der Waals surface area contributed by atoms with E-state index < -0.39 is 11.8 Å². The van der Waals surface area contributed by atoms with Crippen molar-refractivity contribution < 1.29 is 19.1 Å². The highest BCUT2D eigenvalue weighted by atomic mass is 16.5. The van der Waals surface area contributed by atoms with Gasteiger partial charge in [-0.3, -0.25) is 9.59 Å². The molecule has 148 valence electrons. The standard InChI is InChI=1S/C21H25N3O4/c1-5-14-8-7-9-15(6-2)19(14)23-20(25)21(26)24-22-13-16-10-11-17(27-3)12-18(16)28-4/h7-13H,5-6H2,1-4H3,(H,23,25)(H,24,26)/b22-13-. The van der Waals surface area contributed by atoms with Crippen LogP contribution in [-0.4, -0.2) is 32.2 Å². The molecule has 0 aliphatic heterocycles. The van der Waals surface area contributed by atoms with Gasteiger partial charge in [-0.1, -0.05) is 32.0 Å². The Kier molecular flexibility index (Phi) is 7.56. The molecule has 2 N–H and O–H groups in total. The van der Waals surface area contributed by atoms with Gasteiger partial charge in [0.25, 0.3) is 0 Å². The summed E-state index contributed by atoms with van der Waals surface area (Å²) in [6, 6.07) is 11.0. The molecule has 0 spiro atoms. The average molecular weight is 383 g/mol. The molecule has 0 radical (unpaired) electrons. The summed E-state index contributed by atoms with van der Waals surface area (Å²) in [5, 5.41) is 6.55. The minimum absolute atomic E-state index is 0.534. The summed E-state index contributed by atoms with van der Waals surface area (Å²) in [6.45, 7) is 3.99. The van der Waals surface area contributed by atoms with E-state index in [-0.39, 0.29) is 0 Å². The highest BCUT2D eigenvalue weighted by Crippen LogP contribution is 2.23.